The molecule has 0 aliphatic heterocycles. The van der Waals surface area contributed by atoms with E-state index in [1.807, 2.05) is 0 Å². The van der Waals surface area contributed by atoms with Gasteiger partial charge in [0.25, 0.3) is 0 Å². The molecule has 0 saturated carbocycles. The fourth-order valence-electron chi connectivity index (χ4n) is 1.40. The van der Waals surface area contributed by atoms with E-state index in [1.54, 1.807) is 0 Å². The van der Waals surface area contributed by atoms with Gasteiger partial charge in [-0.25, -0.2) is 0 Å². The first-order valence-corrected chi connectivity index (χ1v) is 15.8. The van der Waals surface area contributed by atoms with Gasteiger partial charge in [-0.3, -0.25) is 0 Å². The summed E-state index contributed by atoms with van der Waals surface area (Å²) in [4.78, 5) is 0. The Morgan fingerprint density at radius 1 is 1.00 bits per heavy atom. The molecule has 0 aromatic heterocycles. The second kappa shape index (κ2) is 6.58. The van der Waals surface area contributed by atoms with Crippen molar-refractivity contribution in [2.45, 2.75) is 47.9 Å². The molecule has 0 bridgehead atoms. The Morgan fingerprint density at radius 3 is 1.67 bits per heavy atom. The van der Waals surface area contributed by atoms with Crippen LogP contribution in [0, 0.1) is 5.92 Å². The van der Waals surface area contributed by atoms with Crippen LogP contribution in [0.3, 0.4) is 0 Å². The predicted molar refractivity (Wildman–Crippen MR) is 64.5 cm³/mol. The monoisotopic (exact) mass is 296 g/mol. The first-order valence-electron chi connectivity index (χ1n) is 5.24. The zero-order valence-electron chi connectivity index (χ0n) is 9.31. The van der Waals surface area contributed by atoms with E-state index in [4.69, 9.17) is 0 Å². The van der Waals surface area contributed by atoms with Gasteiger partial charge in [0.05, 0.1) is 0 Å². The van der Waals surface area contributed by atoms with Crippen LogP contribution < -0.4 is 0 Å². The molecule has 0 radical (unpaired) electrons. The van der Waals surface area contributed by atoms with Crippen LogP contribution in [0.4, 0.5) is 0 Å². The molecule has 0 atom stereocenters. The van der Waals surface area contributed by atoms with Crippen molar-refractivity contribution in [2.75, 3.05) is 5.75 Å². The Bertz CT molecular complexity index is 100. The van der Waals surface area contributed by atoms with Crippen LogP contribution in [0.2, 0.25) is 13.3 Å². The van der Waals surface area contributed by atoms with Gasteiger partial charge in [0.1, 0.15) is 0 Å². The second-order valence-corrected chi connectivity index (χ2v) is 25.7. The molecule has 0 aromatic rings. The summed E-state index contributed by atoms with van der Waals surface area (Å²) in [6.45, 7) is 11.9. The first kappa shape index (κ1) is 13.1. The molecular formula is C10H24SSn. The van der Waals surface area contributed by atoms with Gasteiger partial charge in [-0.15, -0.1) is 0 Å². The van der Waals surface area contributed by atoms with E-state index in [1.165, 1.54) is 19.1 Å². The Labute approximate surface area is 85.2 Å². The third-order valence-corrected chi connectivity index (χ3v) is 27.6. The summed E-state index contributed by atoms with van der Waals surface area (Å²) in [6, 6.07) is 0. The van der Waals surface area contributed by atoms with E-state index < -0.39 is 17.0 Å². The summed E-state index contributed by atoms with van der Waals surface area (Å²) < 4.78 is 4.58. The van der Waals surface area contributed by atoms with E-state index in [0.717, 1.165) is 5.92 Å². The van der Waals surface area contributed by atoms with E-state index >= 15 is 0 Å². The standard InChI is InChI=1S/C4H10S.3C2H5.Sn/c1-4(2)3-5;3*1-2;/h4-5H,3H2,1-2H3;3*1H2,2H3;/q;;;;+1/p-1. The molecule has 0 aromatic carbocycles. The minimum atomic E-state index is -1.60. The Balaban J connectivity index is 3.93. The quantitative estimate of drug-likeness (QED) is 0.655. The molecule has 0 aliphatic carbocycles. The number of hydrogen-bond donors (Lipinski definition) is 0. The fraction of sp³-hybridized carbons (Fsp3) is 1.00. The topological polar surface area (TPSA) is 0 Å². The van der Waals surface area contributed by atoms with E-state index in [9.17, 15) is 0 Å². The third-order valence-electron chi connectivity index (χ3n) is 2.66. The molecule has 0 nitrogen and oxygen atoms in total. The van der Waals surface area contributed by atoms with Crippen LogP contribution in [0.15, 0.2) is 0 Å². The zero-order chi connectivity index (χ0) is 9.61. The van der Waals surface area contributed by atoms with Gasteiger partial charge in [-0.1, -0.05) is 0 Å². The van der Waals surface area contributed by atoms with Crippen LogP contribution in [0.1, 0.15) is 34.6 Å². The van der Waals surface area contributed by atoms with Crippen molar-refractivity contribution in [1.82, 2.24) is 0 Å². The van der Waals surface area contributed by atoms with Crippen LogP contribution in [-0.2, 0) is 0 Å². The summed E-state index contributed by atoms with van der Waals surface area (Å²) in [7, 11) is 2.39. The van der Waals surface area contributed by atoms with E-state index in [2.05, 4.69) is 43.6 Å². The van der Waals surface area contributed by atoms with Crippen molar-refractivity contribution >= 4 is 25.9 Å². The minimum absolute atomic E-state index is 0.885. The molecule has 0 rings (SSSR count). The molecular weight excluding hydrogens is 271 g/mol. The molecule has 74 valence electrons. The summed E-state index contributed by atoms with van der Waals surface area (Å²) in [5.74, 6) is 2.29. The van der Waals surface area contributed by atoms with Gasteiger partial charge in [-0.2, -0.15) is 0 Å². The zero-order valence-corrected chi connectivity index (χ0v) is 13.0. The molecule has 0 heterocycles. The van der Waals surface area contributed by atoms with Crippen molar-refractivity contribution in [3.05, 3.63) is 0 Å². The molecule has 0 fully saturated rings. The molecule has 0 spiro atoms. The summed E-state index contributed by atoms with van der Waals surface area (Å²) in [5.41, 5.74) is 0. The van der Waals surface area contributed by atoms with Gasteiger partial charge in [0.15, 0.2) is 0 Å². The van der Waals surface area contributed by atoms with Gasteiger partial charge < -0.3 is 0 Å². The molecule has 12 heavy (non-hydrogen) atoms. The van der Waals surface area contributed by atoms with Gasteiger partial charge >= 0.3 is 85.5 Å². The average Bonchev–Trinajstić information content (AvgIpc) is 2.08. The molecule has 0 unspecified atom stereocenters. The van der Waals surface area contributed by atoms with Crippen molar-refractivity contribution in [1.29, 1.82) is 0 Å². The number of hydrogen-bond acceptors (Lipinski definition) is 1. The average molecular weight is 295 g/mol. The number of rotatable bonds is 6. The second-order valence-electron chi connectivity index (χ2n) is 3.95. The van der Waals surface area contributed by atoms with Crippen LogP contribution >= 0.6 is 8.95 Å². The van der Waals surface area contributed by atoms with Crippen LogP contribution in [0.5, 0.6) is 0 Å². The molecule has 0 aliphatic rings. The SMILES string of the molecule is C[CH2][Sn]([CH2]C)([CH2]C)[S]CC(C)C. The van der Waals surface area contributed by atoms with Crippen LogP contribution in [0.25, 0.3) is 0 Å². The summed E-state index contributed by atoms with van der Waals surface area (Å²) in [5, 5.41) is 0. The van der Waals surface area contributed by atoms with Gasteiger partial charge in [0.2, 0.25) is 0 Å². The Morgan fingerprint density at radius 2 is 1.42 bits per heavy atom. The first-order chi connectivity index (χ1) is 5.60. The van der Waals surface area contributed by atoms with Crippen molar-refractivity contribution < 1.29 is 0 Å². The van der Waals surface area contributed by atoms with Crippen molar-refractivity contribution in [3.63, 3.8) is 0 Å². The van der Waals surface area contributed by atoms with Crippen molar-refractivity contribution in [2.24, 2.45) is 5.92 Å². The molecule has 2 heteroatoms. The van der Waals surface area contributed by atoms with Gasteiger partial charge in [-0.05, 0) is 0 Å². The maximum atomic E-state index is 2.41. The maximum absolute atomic E-state index is 2.41. The van der Waals surface area contributed by atoms with E-state index in [0.29, 0.717) is 0 Å². The van der Waals surface area contributed by atoms with Crippen molar-refractivity contribution in [3.8, 4) is 0 Å². The van der Waals surface area contributed by atoms with Crippen LogP contribution in [-0.4, -0.2) is 22.7 Å². The Kier molecular flexibility index (Phi) is 7.21. The molecule has 0 saturated heterocycles. The molecule has 0 amide bonds. The Hall–Kier alpha value is 1.15. The van der Waals surface area contributed by atoms with E-state index in [-0.39, 0.29) is 0 Å². The summed E-state index contributed by atoms with van der Waals surface area (Å²) >= 11 is -1.60. The fourth-order valence-corrected chi connectivity index (χ4v) is 18.1. The molecule has 0 N–H and O–H groups in total. The summed E-state index contributed by atoms with van der Waals surface area (Å²) in [6.07, 6.45) is 0. The van der Waals surface area contributed by atoms with Gasteiger partial charge in [0, 0.05) is 0 Å². The predicted octanol–water partition coefficient (Wildman–Crippen LogP) is 4.38. The normalized spacial score (nSPS) is 12.5. The third kappa shape index (κ3) is 4.40.